The number of hydrogen-bond acceptors (Lipinski definition) is 4. The minimum atomic E-state index is -0.494. The van der Waals surface area contributed by atoms with Crippen LogP contribution in [-0.2, 0) is 9.53 Å². The molecular formula is C14H17NO3. The molecule has 1 aliphatic rings. The maximum atomic E-state index is 11.9. The minimum Gasteiger partial charge on any atom is -0.464 e. The van der Waals surface area contributed by atoms with E-state index in [-0.39, 0.29) is 12.6 Å². The number of benzene rings is 1. The lowest BCUT2D eigenvalue weighted by Crippen LogP contribution is -2.35. The van der Waals surface area contributed by atoms with E-state index in [9.17, 15) is 4.79 Å². The Hall–Kier alpha value is -1.81. The number of rotatable bonds is 4. The number of carbonyl (C=O) groups excluding carboxylic acids is 1. The average Bonchev–Trinajstić information content (AvgIpc) is 2.38. The van der Waals surface area contributed by atoms with Crippen LogP contribution in [0.4, 0.5) is 5.69 Å². The third kappa shape index (κ3) is 2.54. The van der Waals surface area contributed by atoms with Crippen molar-refractivity contribution in [2.45, 2.75) is 19.4 Å². The Morgan fingerprint density at radius 3 is 2.94 bits per heavy atom. The molecule has 0 amide bonds. The molecule has 18 heavy (non-hydrogen) atoms. The summed E-state index contributed by atoms with van der Waals surface area (Å²) in [5, 5.41) is 12.2. The number of aliphatic hydroxyl groups is 1. The molecule has 1 heterocycles. The van der Waals surface area contributed by atoms with Crippen LogP contribution in [0, 0.1) is 0 Å². The zero-order valence-corrected chi connectivity index (χ0v) is 10.3. The molecule has 0 fully saturated rings. The number of para-hydroxylation sites is 1. The summed E-state index contributed by atoms with van der Waals surface area (Å²) < 4.78 is 5.05. The lowest BCUT2D eigenvalue weighted by atomic mass is 9.95. The Labute approximate surface area is 106 Å². The Kier molecular flexibility index (Phi) is 3.99. The number of ether oxygens (including phenoxy) is 1. The van der Waals surface area contributed by atoms with E-state index in [0.717, 1.165) is 16.8 Å². The summed E-state index contributed by atoms with van der Waals surface area (Å²) in [6.45, 7) is 2.15. The Balaban J connectivity index is 2.30. The van der Waals surface area contributed by atoms with Crippen LogP contribution in [0.5, 0.6) is 0 Å². The van der Waals surface area contributed by atoms with Crippen molar-refractivity contribution in [2.24, 2.45) is 0 Å². The van der Waals surface area contributed by atoms with Gasteiger partial charge in [0, 0.05) is 12.3 Å². The number of nitrogens with one attached hydrogen (secondary N) is 1. The van der Waals surface area contributed by atoms with Gasteiger partial charge in [-0.05, 0) is 30.5 Å². The van der Waals surface area contributed by atoms with Crippen LogP contribution in [0.25, 0.3) is 6.08 Å². The van der Waals surface area contributed by atoms with Crippen molar-refractivity contribution in [3.63, 3.8) is 0 Å². The van der Waals surface area contributed by atoms with Gasteiger partial charge in [0.25, 0.3) is 0 Å². The van der Waals surface area contributed by atoms with Crippen molar-refractivity contribution in [1.82, 2.24) is 0 Å². The molecular weight excluding hydrogens is 230 g/mol. The van der Waals surface area contributed by atoms with Gasteiger partial charge in [-0.2, -0.15) is 0 Å². The number of carbonyl (C=O) groups is 1. The van der Waals surface area contributed by atoms with E-state index >= 15 is 0 Å². The highest BCUT2D eigenvalue weighted by Crippen LogP contribution is 2.28. The standard InChI is InChI=1S/C14H17NO3/c1-2-18-14(17)13-11(7-8-16)9-10-5-3-4-6-12(10)15-13/h3-6,9,13,15-16H,2,7-8H2,1H3/t13-/m1/s1. The summed E-state index contributed by atoms with van der Waals surface area (Å²) in [4.78, 5) is 11.9. The molecule has 1 aliphatic heterocycles. The Morgan fingerprint density at radius 1 is 1.44 bits per heavy atom. The van der Waals surface area contributed by atoms with E-state index in [1.54, 1.807) is 6.92 Å². The minimum absolute atomic E-state index is 0.0194. The fourth-order valence-electron chi connectivity index (χ4n) is 2.07. The second-order valence-corrected chi connectivity index (χ2v) is 4.11. The molecule has 4 nitrogen and oxygen atoms in total. The van der Waals surface area contributed by atoms with Crippen LogP contribution in [0.15, 0.2) is 29.8 Å². The Morgan fingerprint density at radius 2 is 2.22 bits per heavy atom. The quantitative estimate of drug-likeness (QED) is 0.797. The third-order valence-electron chi connectivity index (χ3n) is 2.90. The van der Waals surface area contributed by atoms with Crippen LogP contribution < -0.4 is 5.32 Å². The van der Waals surface area contributed by atoms with E-state index in [1.807, 2.05) is 30.3 Å². The fraction of sp³-hybridized carbons (Fsp3) is 0.357. The molecule has 1 aromatic carbocycles. The predicted molar refractivity (Wildman–Crippen MR) is 70.2 cm³/mol. The molecule has 2 rings (SSSR count). The summed E-state index contributed by atoms with van der Waals surface area (Å²) >= 11 is 0. The smallest absolute Gasteiger partial charge is 0.332 e. The molecule has 0 bridgehead atoms. The van der Waals surface area contributed by atoms with Gasteiger partial charge in [-0.25, -0.2) is 4.79 Å². The lowest BCUT2D eigenvalue weighted by molar-refractivity contribution is -0.143. The second-order valence-electron chi connectivity index (χ2n) is 4.11. The zero-order valence-electron chi connectivity index (χ0n) is 10.3. The molecule has 0 aromatic heterocycles. The maximum Gasteiger partial charge on any atom is 0.332 e. The van der Waals surface area contributed by atoms with Gasteiger partial charge in [-0.15, -0.1) is 0 Å². The molecule has 0 spiro atoms. The van der Waals surface area contributed by atoms with Gasteiger partial charge >= 0.3 is 5.97 Å². The molecule has 0 aliphatic carbocycles. The first-order chi connectivity index (χ1) is 8.76. The van der Waals surface area contributed by atoms with E-state index in [4.69, 9.17) is 9.84 Å². The number of aliphatic hydroxyl groups excluding tert-OH is 1. The van der Waals surface area contributed by atoms with Crippen LogP contribution in [0.2, 0.25) is 0 Å². The van der Waals surface area contributed by atoms with Crippen molar-refractivity contribution in [1.29, 1.82) is 0 Å². The summed E-state index contributed by atoms with van der Waals surface area (Å²) in [6.07, 6.45) is 2.41. The number of esters is 1. The second kappa shape index (κ2) is 5.69. The zero-order chi connectivity index (χ0) is 13.0. The molecule has 1 aromatic rings. The van der Waals surface area contributed by atoms with Crippen LogP contribution in [0.1, 0.15) is 18.9 Å². The van der Waals surface area contributed by atoms with Gasteiger partial charge in [0.15, 0.2) is 0 Å². The van der Waals surface area contributed by atoms with Crippen LogP contribution >= 0.6 is 0 Å². The van der Waals surface area contributed by atoms with Gasteiger partial charge in [0.05, 0.1) is 6.61 Å². The van der Waals surface area contributed by atoms with Gasteiger partial charge in [0.1, 0.15) is 6.04 Å². The summed E-state index contributed by atoms with van der Waals surface area (Å²) in [5.41, 5.74) is 2.80. The van der Waals surface area contributed by atoms with Gasteiger partial charge in [0.2, 0.25) is 0 Å². The average molecular weight is 247 g/mol. The summed E-state index contributed by atoms with van der Waals surface area (Å²) in [7, 11) is 0. The molecule has 0 unspecified atom stereocenters. The highest BCUT2D eigenvalue weighted by Gasteiger charge is 2.27. The van der Waals surface area contributed by atoms with E-state index in [2.05, 4.69) is 5.32 Å². The monoisotopic (exact) mass is 247 g/mol. The molecule has 0 radical (unpaired) electrons. The van der Waals surface area contributed by atoms with E-state index in [0.29, 0.717) is 13.0 Å². The molecule has 4 heteroatoms. The fourth-order valence-corrected chi connectivity index (χ4v) is 2.07. The van der Waals surface area contributed by atoms with Crippen LogP contribution in [0.3, 0.4) is 0 Å². The Bertz CT molecular complexity index is 468. The first-order valence-electron chi connectivity index (χ1n) is 6.09. The molecule has 0 saturated heterocycles. The topological polar surface area (TPSA) is 58.6 Å². The molecule has 96 valence electrons. The lowest BCUT2D eigenvalue weighted by Gasteiger charge is -2.26. The van der Waals surface area contributed by atoms with Crippen molar-refractivity contribution in [2.75, 3.05) is 18.5 Å². The number of anilines is 1. The number of hydrogen-bond donors (Lipinski definition) is 2. The van der Waals surface area contributed by atoms with Gasteiger partial charge < -0.3 is 15.2 Å². The first-order valence-corrected chi connectivity index (χ1v) is 6.09. The highest BCUT2D eigenvalue weighted by molar-refractivity contribution is 5.89. The largest absolute Gasteiger partial charge is 0.464 e. The van der Waals surface area contributed by atoms with E-state index < -0.39 is 6.04 Å². The molecule has 2 N–H and O–H groups in total. The predicted octanol–water partition coefficient (Wildman–Crippen LogP) is 1.81. The third-order valence-corrected chi connectivity index (χ3v) is 2.90. The van der Waals surface area contributed by atoms with E-state index in [1.165, 1.54) is 0 Å². The van der Waals surface area contributed by atoms with Gasteiger partial charge in [-0.1, -0.05) is 24.3 Å². The normalized spacial score (nSPS) is 17.4. The number of fused-ring (bicyclic) bond motifs is 1. The SMILES string of the molecule is CCOC(=O)[C@@H]1Nc2ccccc2C=C1CCO. The van der Waals surface area contributed by atoms with Crippen molar-refractivity contribution < 1.29 is 14.6 Å². The van der Waals surface area contributed by atoms with Crippen molar-refractivity contribution in [3.8, 4) is 0 Å². The summed E-state index contributed by atoms with van der Waals surface area (Å²) in [6, 6.07) is 7.26. The maximum absolute atomic E-state index is 11.9. The van der Waals surface area contributed by atoms with Crippen LogP contribution in [-0.4, -0.2) is 30.3 Å². The van der Waals surface area contributed by atoms with Gasteiger partial charge in [-0.3, -0.25) is 0 Å². The first kappa shape index (κ1) is 12.6. The van der Waals surface area contributed by atoms with Crippen molar-refractivity contribution >= 4 is 17.7 Å². The summed E-state index contributed by atoms with van der Waals surface area (Å²) in [5.74, 6) is -0.299. The molecule has 0 saturated carbocycles. The molecule has 1 atom stereocenters. The highest BCUT2D eigenvalue weighted by atomic mass is 16.5. The van der Waals surface area contributed by atoms with Crippen molar-refractivity contribution in [3.05, 3.63) is 35.4 Å².